The molecule has 9 nitrogen and oxygen atoms in total. The average Bonchev–Trinajstić information content (AvgIpc) is 3.57. The van der Waals surface area contributed by atoms with Gasteiger partial charge in [-0.15, -0.1) is 0 Å². The van der Waals surface area contributed by atoms with Crippen molar-refractivity contribution in [3.05, 3.63) is 29.8 Å². The summed E-state index contributed by atoms with van der Waals surface area (Å²) in [5.74, 6) is -0.839. The Morgan fingerprint density at radius 1 is 1.13 bits per heavy atom. The molecule has 1 saturated heterocycles. The van der Waals surface area contributed by atoms with Crippen LogP contribution in [0.15, 0.2) is 24.3 Å². The fourth-order valence-electron chi connectivity index (χ4n) is 3.53. The van der Waals surface area contributed by atoms with Crippen molar-refractivity contribution in [3.8, 4) is 0 Å². The molecule has 0 spiro atoms. The number of carbonyl (C=O) groups is 4. The molecule has 1 saturated carbocycles. The van der Waals surface area contributed by atoms with Crippen molar-refractivity contribution in [3.63, 3.8) is 0 Å². The van der Waals surface area contributed by atoms with E-state index in [9.17, 15) is 19.2 Å². The normalized spacial score (nSPS) is 16.4. The number of ether oxygens (including phenoxy) is 1. The van der Waals surface area contributed by atoms with E-state index in [4.69, 9.17) is 4.74 Å². The van der Waals surface area contributed by atoms with Gasteiger partial charge >= 0.3 is 12.0 Å². The highest BCUT2D eigenvalue weighted by Crippen LogP contribution is 2.20. The van der Waals surface area contributed by atoms with Gasteiger partial charge in [-0.2, -0.15) is 0 Å². The summed E-state index contributed by atoms with van der Waals surface area (Å²) < 4.78 is 5.05. The molecule has 3 rings (SSSR count). The highest BCUT2D eigenvalue weighted by molar-refractivity contribution is 5.98. The Bertz CT molecular complexity index is 831. The van der Waals surface area contributed by atoms with Crippen LogP contribution in [-0.2, 0) is 14.3 Å². The molecule has 1 aliphatic carbocycles. The topological polar surface area (TPSA) is 108 Å². The van der Waals surface area contributed by atoms with E-state index in [2.05, 4.69) is 10.6 Å². The smallest absolute Gasteiger partial charge is 0.319 e. The van der Waals surface area contributed by atoms with Crippen LogP contribution in [0.2, 0.25) is 0 Å². The zero-order chi connectivity index (χ0) is 22.4. The number of likely N-dealkylation sites (tertiary alicyclic amines) is 1. The number of hydrogen-bond acceptors (Lipinski definition) is 5. The van der Waals surface area contributed by atoms with Crippen molar-refractivity contribution < 1.29 is 23.9 Å². The summed E-state index contributed by atoms with van der Waals surface area (Å²) in [6.45, 7) is 3.02. The molecule has 1 heterocycles. The molecular weight excluding hydrogens is 400 g/mol. The van der Waals surface area contributed by atoms with Gasteiger partial charge < -0.3 is 25.2 Å². The van der Waals surface area contributed by atoms with E-state index >= 15 is 0 Å². The van der Waals surface area contributed by atoms with Crippen molar-refractivity contribution in [2.45, 2.75) is 38.6 Å². The second-order valence-corrected chi connectivity index (χ2v) is 8.02. The Balaban J connectivity index is 1.49. The van der Waals surface area contributed by atoms with Gasteiger partial charge in [-0.25, -0.2) is 4.79 Å². The number of nitrogens with one attached hydrogen (secondary N) is 2. The Kier molecular flexibility index (Phi) is 7.49. The summed E-state index contributed by atoms with van der Waals surface area (Å²) in [4.78, 5) is 52.2. The van der Waals surface area contributed by atoms with Crippen LogP contribution in [0, 0.1) is 5.92 Å². The van der Waals surface area contributed by atoms with Gasteiger partial charge in [0.25, 0.3) is 5.91 Å². The number of likely N-dealkylation sites (N-methyl/N-ethyl adjacent to an activating group) is 1. The number of piperidine rings is 1. The molecule has 168 valence electrons. The first-order valence-electron chi connectivity index (χ1n) is 10.7. The number of benzene rings is 1. The molecule has 0 bridgehead atoms. The number of rotatable bonds is 7. The maximum Gasteiger partial charge on any atom is 0.319 e. The zero-order valence-electron chi connectivity index (χ0n) is 18.1. The largest absolute Gasteiger partial charge is 0.466 e. The zero-order valence-corrected chi connectivity index (χ0v) is 18.1. The van der Waals surface area contributed by atoms with E-state index in [1.54, 1.807) is 43.1 Å². The quantitative estimate of drug-likeness (QED) is 0.642. The Morgan fingerprint density at radius 3 is 2.48 bits per heavy atom. The van der Waals surface area contributed by atoms with E-state index in [1.807, 2.05) is 0 Å². The summed E-state index contributed by atoms with van der Waals surface area (Å²) >= 11 is 0. The van der Waals surface area contributed by atoms with Crippen LogP contribution in [-0.4, -0.2) is 72.9 Å². The Morgan fingerprint density at radius 2 is 1.84 bits per heavy atom. The molecule has 1 aromatic carbocycles. The lowest BCUT2D eigenvalue weighted by atomic mass is 9.97. The number of esters is 1. The lowest BCUT2D eigenvalue weighted by Gasteiger charge is -2.32. The Labute approximate surface area is 182 Å². The van der Waals surface area contributed by atoms with Crippen molar-refractivity contribution in [2.24, 2.45) is 5.92 Å². The molecule has 4 amide bonds. The first kappa shape index (κ1) is 22.6. The monoisotopic (exact) mass is 430 g/mol. The second-order valence-electron chi connectivity index (χ2n) is 8.02. The van der Waals surface area contributed by atoms with Gasteiger partial charge in [0.05, 0.1) is 19.1 Å². The summed E-state index contributed by atoms with van der Waals surface area (Å²) in [5.41, 5.74) is 0.908. The van der Waals surface area contributed by atoms with Gasteiger partial charge in [0.15, 0.2) is 0 Å². The summed E-state index contributed by atoms with van der Waals surface area (Å²) in [7, 11) is 1.57. The Hall–Kier alpha value is -3.10. The molecular formula is C22H30N4O5. The van der Waals surface area contributed by atoms with Crippen LogP contribution in [0.1, 0.15) is 43.0 Å². The fourth-order valence-corrected chi connectivity index (χ4v) is 3.53. The minimum atomic E-state index is -0.305. The van der Waals surface area contributed by atoms with Gasteiger partial charge in [-0.05, 0) is 50.8 Å². The molecule has 2 fully saturated rings. The predicted molar refractivity (Wildman–Crippen MR) is 115 cm³/mol. The third kappa shape index (κ3) is 6.44. The van der Waals surface area contributed by atoms with Crippen LogP contribution < -0.4 is 10.6 Å². The average molecular weight is 431 g/mol. The number of hydrogen-bond donors (Lipinski definition) is 2. The van der Waals surface area contributed by atoms with E-state index in [-0.39, 0.29) is 42.3 Å². The van der Waals surface area contributed by atoms with Crippen molar-refractivity contribution in [2.75, 3.05) is 38.6 Å². The molecule has 1 aromatic rings. The lowest BCUT2D eigenvalue weighted by Crippen LogP contribution is -2.45. The van der Waals surface area contributed by atoms with Gasteiger partial charge in [-0.1, -0.05) is 6.07 Å². The fraction of sp³-hybridized carbons (Fsp3) is 0.545. The number of urea groups is 1. The van der Waals surface area contributed by atoms with Crippen molar-refractivity contribution in [1.82, 2.24) is 15.1 Å². The standard InChI is InChI=1S/C22H30N4O5/c1-3-31-21(29)15-9-11-26(12-10-15)19(27)14-25(2)20(28)16-5-4-6-18(13-16)24-22(30)23-17-7-8-17/h4-6,13,15,17H,3,7-12,14H2,1-2H3,(H2,23,24,30). The maximum atomic E-state index is 12.8. The predicted octanol–water partition coefficient (Wildman–Crippen LogP) is 1.84. The first-order valence-corrected chi connectivity index (χ1v) is 10.7. The van der Waals surface area contributed by atoms with Crippen molar-refractivity contribution >= 4 is 29.5 Å². The van der Waals surface area contributed by atoms with Gasteiger partial charge in [0.2, 0.25) is 5.91 Å². The first-order chi connectivity index (χ1) is 14.9. The third-order valence-electron chi connectivity index (χ3n) is 5.47. The maximum absolute atomic E-state index is 12.8. The molecule has 0 aromatic heterocycles. The van der Waals surface area contributed by atoms with Gasteiger partial charge in [0, 0.05) is 37.4 Å². The van der Waals surface area contributed by atoms with Crippen LogP contribution >= 0.6 is 0 Å². The van der Waals surface area contributed by atoms with Crippen LogP contribution in [0.5, 0.6) is 0 Å². The molecule has 2 aliphatic rings. The number of amides is 4. The molecule has 0 atom stereocenters. The number of nitrogens with zero attached hydrogens (tertiary/aromatic N) is 2. The molecule has 0 radical (unpaired) electrons. The second kappa shape index (κ2) is 10.3. The van der Waals surface area contributed by atoms with Gasteiger partial charge in [0.1, 0.15) is 0 Å². The van der Waals surface area contributed by atoms with Crippen LogP contribution in [0.4, 0.5) is 10.5 Å². The lowest BCUT2D eigenvalue weighted by molar-refractivity contribution is -0.151. The highest BCUT2D eigenvalue weighted by Gasteiger charge is 2.29. The minimum absolute atomic E-state index is 0.0528. The van der Waals surface area contributed by atoms with Crippen molar-refractivity contribution in [1.29, 1.82) is 0 Å². The van der Waals surface area contributed by atoms with Crippen LogP contribution in [0.3, 0.4) is 0 Å². The SMILES string of the molecule is CCOC(=O)C1CCN(C(=O)CN(C)C(=O)c2cccc(NC(=O)NC3CC3)c2)CC1. The number of anilines is 1. The van der Waals surface area contributed by atoms with E-state index in [0.717, 1.165) is 12.8 Å². The molecule has 31 heavy (non-hydrogen) atoms. The summed E-state index contributed by atoms with van der Waals surface area (Å²) in [5, 5.41) is 5.56. The highest BCUT2D eigenvalue weighted by atomic mass is 16.5. The molecule has 2 N–H and O–H groups in total. The van der Waals surface area contributed by atoms with E-state index < -0.39 is 0 Å². The summed E-state index contributed by atoms with van der Waals surface area (Å²) in [6, 6.07) is 6.60. The molecule has 1 aliphatic heterocycles. The third-order valence-corrected chi connectivity index (χ3v) is 5.47. The van der Waals surface area contributed by atoms with Gasteiger partial charge in [-0.3, -0.25) is 14.4 Å². The number of carbonyl (C=O) groups excluding carboxylic acids is 4. The molecule has 0 unspecified atom stereocenters. The minimum Gasteiger partial charge on any atom is -0.466 e. The summed E-state index contributed by atoms with van der Waals surface area (Å²) in [6.07, 6.45) is 3.12. The van der Waals surface area contributed by atoms with E-state index in [0.29, 0.717) is 43.8 Å². The van der Waals surface area contributed by atoms with Crippen LogP contribution in [0.25, 0.3) is 0 Å². The van der Waals surface area contributed by atoms with E-state index in [1.165, 1.54) is 4.90 Å². The molecule has 9 heteroatoms.